The number of fused-ring (bicyclic) bond motifs is 1. The first kappa shape index (κ1) is 18.4. The van der Waals surface area contributed by atoms with Gasteiger partial charge in [0.05, 0.1) is 6.04 Å². The summed E-state index contributed by atoms with van der Waals surface area (Å²) in [5, 5.41) is 0. The van der Waals surface area contributed by atoms with Crippen LogP contribution in [0, 0.1) is 13.8 Å². The van der Waals surface area contributed by atoms with Crippen LogP contribution >= 0.6 is 0 Å². The summed E-state index contributed by atoms with van der Waals surface area (Å²) in [6.07, 6.45) is 9.32. The van der Waals surface area contributed by atoms with Gasteiger partial charge in [-0.25, -0.2) is 9.97 Å². The van der Waals surface area contributed by atoms with Gasteiger partial charge in [0, 0.05) is 12.1 Å². The Morgan fingerprint density at radius 1 is 1.03 bits per heavy atom. The van der Waals surface area contributed by atoms with E-state index in [0.29, 0.717) is 6.04 Å². The molecule has 1 atom stereocenters. The van der Waals surface area contributed by atoms with Gasteiger partial charge in [-0.15, -0.1) is 0 Å². The Hall–Kier alpha value is -2.68. The lowest BCUT2D eigenvalue weighted by molar-refractivity contribution is 0.462. The Labute approximate surface area is 173 Å². The normalized spacial score (nSPS) is 19.4. The molecule has 2 aliphatic carbocycles. The zero-order chi connectivity index (χ0) is 20.0. The number of nitrogens with zero attached hydrogens (tertiary/aromatic N) is 3. The largest absolute Gasteiger partial charge is 0.305 e. The Kier molecular flexibility index (Phi) is 4.61. The highest BCUT2D eigenvalue weighted by Crippen LogP contribution is 2.44. The van der Waals surface area contributed by atoms with E-state index in [-0.39, 0.29) is 0 Å². The van der Waals surface area contributed by atoms with E-state index in [1.807, 2.05) is 0 Å². The molecule has 2 heterocycles. The molecule has 0 fully saturated rings. The predicted octanol–water partition coefficient (Wildman–Crippen LogP) is 6.51. The zero-order valence-electron chi connectivity index (χ0n) is 17.7. The van der Waals surface area contributed by atoms with Crippen molar-refractivity contribution in [2.24, 2.45) is 0 Å². The molecule has 148 valence electrons. The fraction of sp³-hybridized carbons (Fsp3) is 0.385. The minimum Gasteiger partial charge on any atom is -0.305 e. The summed E-state index contributed by atoms with van der Waals surface area (Å²) in [5.74, 6) is 1.18. The van der Waals surface area contributed by atoms with Crippen LogP contribution in [0.3, 0.4) is 0 Å². The van der Waals surface area contributed by atoms with E-state index in [1.54, 1.807) is 11.1 Å². The molecule has 0 saturated heterocycles. The number of benzene rings is 1. The standard InChI is InChI=1S/C26H29N3/c1-4-24-28-25-17(2)15-18(3)27-26(25)29(24)23-12-8-11-21-16-20(13-14-22(21)23)19-9-6-5-7-10-19/h5-7,9-10,15-16,23H,4,8,11-14H2,1-3H3. The molecule has 29 heavy (non-hydrogen) atoms. The summed E-state index contributed by atoms with van der Waals surface area (Å²) < 4.78 is 2.48. The van der Waals surface area contributed by atoms with Crippen molar-refractivity contribution in [2.75, 3.05) is 0 Å². The van der Waals surface area contributed by atoms with Crippen molar-refractivity contribution in [1.82, 2.24) is 14.5 Å². The lowest BCUT2D eigenvalue weighted by Gasteiger charge is -2.33. The molecule has 3 aromatic rings. The minimum atomic E-state index is 0.404. The van der Waals surface area contributed by atoms with Gasteiger partial charge < -0.3 is 4.57 Å². The second kappa shape index (κ2) is 7.29. The molecule has 3 nitrogen and oxygen atoms in total. The molecule has 0 N–H and O–H groups in total. The summed E-state index contributed by atoms with van der Waals surface area (Å²) in [6, 6.07) is 13.4. The molecule has 2 aromatic heterocycles. The number of aryl methyl sites for hydroxylation is 3. The number of hydrogen-bond acceptors (Lipinski definition) is 2. The number of pyridine rings is 1. The van der Waals surface area contributed by atoms with E-state index < -0.39 is 0 Å². The Bertz CT molecular complexity index is 1130. The quantitative estimate of drug-likeness (QED) is 0.516. The van der Waals surface area contributed by atoms with Crippen LogP contribution in [-0.4, -0.2) is 14.5 Å². The maximum absolute atomic E-state index is 5.01. The van der Waals surface area contributed by atoms with Crippen molar-refractivity contribution in [1.29, 1.82) is 0 Å². The molecule has 2 aliphatic rings. The topological polar surface area (TPSA) is 30.7 Å². The summed E-state index contributed by atoms with van der Waals surface area (Å²) in [5.41, 5.74) is 10.5. The lowest BCUT2D eigenvalue weighted by atomic mass is 9.79. The van der Waals surface area contributed by atoms with Gasteiger partial charge in [-0.1, -0.05) is 43.3 Å². The molecule has 1 aromatic carbocycles. The third-order valence-corrected chi connectivity index (χ3v) is 6.56. The van der Waals surface area contributed by atoms with E-state index in [2.05, 4.69) is 67.8 Å². The number of imidazole rings is 1. The van der Waals surface area contributed by atoms with Crippen LogP contribution in [0.2, 0.25) is 0 Å². The summed E-state index contributed by atoms with van der Waals surface area (Å²) >= 11 is 0. The van der Waals surface area contributed by atoms with Gasteiger partial charge in [-0.3, -0.25) is 0 Å². The van der Waals surface area contributed by atoms with Crippen molar-refractivity contribution in [3.05, 3.63) is 76.3 Å². The van der Waals surface area contributed by atoms with Gasteiger partial charge in [-0.2, -0.15) is 0 Å². The van der Waals surface area contributed by atoms with Crippen molar-refractivity contribution in [2.45, 2.75) is 65.3 Å². The van der Waals surface area contributed by atoms with Crippen LogP contribution in [0.15, 0.2) is 53.6 Å². The van der Waals surface area contributed by atoms with Crippen molar-refractivity contribution in [3.63, 3.8) is 0 Å². The van der Waals surface area contributed by atoms with Gasteiger partial charge in [0.2, 0.25) is 0 Å². The first-order chi connectivity index (χ1) is 14.2. The van der Waals surface area contributed by atoms with Crippen LogP contribution in [0.5, 0.6) is 0 Å². The fourth-order valence-corrected chi connectivity index (χ4v) is 5.24. The van der Waals surface area contributed by atoms with E-state index in [0.717, 1.165) is 36.1 Å². The number of rotatable bonds is 3. The monoisotopic (exact) mass is 383 g/mol. The molecule has 5 rings (SSSR count). The summed E-state index contributed by atoms with van der Waals surface area (Å²) in [4.78, 5) is 9.95. The van der Waals surface area contributed by atoms with Crippen molar-refractivity contribution >= 4 is 16.7 Å². The highest BCUT2D eigenvalue weighted by molar-refractivity contribution is 5.76. The zero-order valence-corrected chi connectivity index (χ0v) is 17.7. The number of allylic oxidation sites excluding steroid dienone is 4. The SMILES string of the molecule is CCc1nc2c(C)cc(C)nc2n1C1CCCC2=C1CCC(c1ccccc1)=C2. The summed E-state index contributed by atoms with van der Waals surface area (Å²) in [6.45, 7) is 6.47. The van der Waals surface area contributed by atoms with Gasteiger partial charge in [0.1, 0.15) is 11.3 Å². The van der Waals surface area contributed by atoms with Gasteiger partial charge in [0.25, 0.3) is 0 Å². The van der Waals surface area contributed by atoms with E-state index in [4.69, 9.17) is 9.97 Å². The van der Waals surface area contributed by atoms with Crippen LogP contribution in [-0.2, 0) is 6.42 Å². The molecule has 3 heteroatoms. The minimum absolute atomic E-state index is 0.404. The lowest BCUT2D eigenvalue weighted by Crippen LogP contribution is -2.21. The molecule has 1 unspecified atom stereocenters. The van der Waals surface area contributed by atoms with Gasteiger partial charge >= 0.3 is 0 Å². The average Bonchev–Trinajstić information content (AvgIpc) is 3.12. The molecular formula is C26H29N3. The molecule has 0 amide bonds. The van der Waals surface area contributed by atoms with Crippen LogP contribution in [0.25, 0.3) is 16.7 Å². The average molecular weight is 384 g/mol. The second-order valence-corrected chi connectivity index (χ2v) is 8.50. The van der Waals surface area contributed by atoms with Crippen molar-refractivity contribution in [3.8, 4) is 0 Å². The van der Waals surface area contributed by atoms with Gasteiger partial charge in [-0.05, 0) is 79.9 Å². The van der Waals surface area contributed by atoms with Gasteiger partial charge in [0.15, 0.2) is 5.65 Å². The smallest absolute Gasteiger partial charge is 0.161 e. The Balaban J connectivity index is 1.64. The van der Waals surface area contributed by atoms with Crippen molar-refractivity contribution < 1.29 is 0 Å². The Morgan fingerprint density at radius 2 is 1.86 bits per heavy atom. The first-order valence-corrected chi connectivity index (χ1v) is 11.0. The number of hydrogen-bond donors (Lipinski definition) is 0. The highest BCUT2D eigenvalue weighted by atomic mass is 15.2. The number of aromatic nitrogens is 3. The third-order valence-electron chi connectivity index (χ3n) is 6.56. The molecule has 0 saturated carbocycles. The fourth-order valence-electron chi connectivity index (χ4n) is 5.24. The highest BCUT2D eigenvalue weighted by Gasteiger charge is 2.29. The molecule has 0 bridgehead atoms. The second-order valence-electron chi connectivity index (χ2n) is 8.50. The van der Waals surface area contributed by atoms with E-state index >= 15 is 0 Å². The van der Waals surface area contributed by atoms with E-state index in [1.165, 1.54) is 41.8 Å². The maximum Gasteiger partial charge on any atom is 0.161 e. The van der Waals surface area contributed by atoms with Crippen LogP contribution < -0.4 is 0 Å². The Morgan fingerprint density at radius 3 is 2.66 bits per heavy atom. The first-order valence-electron chi connectivity index (χ1n) is 11.0. The molecule has 0 radical (unpaired) electrons. The molecular weight excluding hydrogens is 354 g/mol. The summed E-state index contributed by atoms with van der Waals surface area (Å²) in [7, 11) is 0. The third kappa shape index (κ3) is 3.13. The van der Waals surface area contributed by atoms with E-state index in [9.17, 15) is 0 Å². The van der Waals surface area contributed by atoms with Crippen LogP contribution in [0.4, 0.5) is 0 Å². The van der Waals surface area contributed by atoms with Crippen LogP contribution in [0.1, 0.15) is 67.7 Å². The predicted molar refractivity (Wildman–Crippen MR) is 120 cm³/mol. The maximum atomic E-state index is 5.01. The molecule has 0 spiro atoms. The molecule has 0 aliphatic heterocycles.